The quantitative estimate of drug-likeness (QED) is 0.425. The first-order chi connectivity index (χ1) is 14.5. The van der Waals surface area contributed by atoms with Gasteiger partial charge < -0.3 is 9.47 Å². The number of ether oxygens (including phenoxy) is 2. The summed E-state index contributed by atoms with van der Waals surface area (Å²) >= 11 is 4.38. The van der Waals surface area contributed by atoms with Crippen LogP contribution >= 0.6 is 27.7 Å². The summed E-state index contributed by atoms with van der Waals surface area (Å²) in [5.74, 6) is 0.857. The first-order valence-electron chi connectivity index (χ1n) is 9.15. The van der Waals surface area contributed by atoms with Gasteiger partial charge in [-0.2, -0.15) is 0 Å². The molecule has 1 aliphatic rings. The number of halogens is 1. The number of carbonyl (C=O) groups excluding carboxylic acids is 2. The van der Waals surface area contributed by atoms with Crippen LogP contribution in [0.15, 0.2) is 64.0 Å². The molecule has 0 bridgehead atoms. The first-order valence-corrected chi connectivity index (χ1v) is 10.8. The molecule has 3 aromatic carbocycles. The number of rotatable bonds is 5. The minimum atomic E-state index is -0.313. The van der Waals surface area contributed by atoms with Gasteiger partial charge in [0.2, 0.25) is 0 Å². The second kappa shape index (κ2) is 8.53. The summed E-state index contributed by atoms with van der Waals surface area (Å²) in [7, 11) is 3.12. The van der Waals surface area contributed by atoms with Crippen molar-refractivity contribution in [2.75, 3.05) is 14.2 Å². The van der Waals surface area contributed by atoms with E-state index in [4.69, 9.17) is 9.47 Å². The zero-order chi connectivity index (χ0) is 21.3. The molecule has 1 saturated heterocycles. The lowest BCUT2D eigenvalue weighted by Crippen LogP contribution is -2.27. The van der Waals surface area contributed by atoms with Gasteiger partial charge in [-0.3, -0.25) is 14.5 Å². The van der Waals surface area contributed by atoms with Gasteiger partial charge in [0.25, 0.3) is 11.1 Å². The summed E-state index contributed by atoms with van der Waals surface area (Å²) in [6.07, 6.45) is 1.68. The SMILES string of the molecule is COc1cc(OC)c(/C=C2/SC(=O)N(Cc3cccc4ccccc34)C2=O)cc1Br. The zero-order valence-corrected chi connectivity index (χ0v) is 18.7. The van der Waals surface area contributed by atoms with Gasteiger partial charge in [-0.25, -0.2) is 0 Å². The molecule has 152 valence electrons. The van der Waals surface area contributed by atoms with E-state index in [0.717, 1.165) is 32.6 Å². The Morgan fingerprint density at radius 2 is 1.73 bits per heavy atom. The molecular formula is C23H18BrNO4S. The van der Waals surface area contributed by atoms with E-state index in [9.17, 15) is 9.59 Å². The van der Waals surface area contributed by atoms with Gasteiger partial charge in [0, 0.05) is 11.6 Å². The molecule has 0 spiro atoms. The van der Waals surface area contributed by atoms with E-state index < -0.39 is 0 Å². The number of benzene rings is 3. The van der Waals surface area contributed by atoms with Crippen LogP contribution in [0.3, 0.4) is 0 Å². The van der Waals surface area contributed by atoms with Crippen LogP contribution in [0, 0.1) is 0 Å². The molecule has 1 heterocycles. The Labute approximate surface area is 186 Å². The molecule has 30 heavy (non-hydrogen) atoms. The lowest BCUT2D eigenvalue weighted by atomic mass is 10.0. The third-order valence-electron chi connectivity index (χ3n) is 4.87. The standard InChI is InChI=1S/C23H18BrNO4S/c1-28-19-12-20(29-2)18(24)10-16(19)11-21-22(26)25(23(27)30-21)13-15-8-5-7-14-6-3-4-9-17(14)15/h3-12H,13H2,1-2H3/b21-11+. The van der Waals surface area contributed by atoms with Crippen molar-refractivity contribution < 1.29 is 19.1 Å². The van der Waals surface area contributed by atoms with Crippen molar-refractivity contribution in [2.45, 2.75) is 6.54 Å². The van der Waals surface area contributed by atoms with Crippen molar-refractivity contribution in [3.05, 3.63) is 75.1 Å². The van der Waals surface area contributed by atoms with Crippen molar-refractivity contribution in [3.8, 4) is 11.5 Å². The number of amides is 2. The van der Waals surface area contributed by atoms with Crippen LogP contribution in [0.2, 0.25) is 0 Å². The average molecular weight is 484 g/mol. The van der Waals surface area contributed by atoms with Crippen molar-refractivity contribution in [1.82, 2.24) is 4.90 Å². The van der Waals surface area contributed by atoms with Crippen LogP contribution in [-0.4, -0.2) is 30.3 Å². The van der Waals surface area contributed by atoms with Crippen molar-refractivity contribution in [2.24, 2.45) is 0 Å². The summed E-state index contributed by atoms with van der Waals surface area (Å²) in [6.45, 7) is 0.229. The highest BCUT2D eigenvalue weighted by molar-refractivity contribution is 9.10. The molecule has 2 amide bonds. The number of methoxy groups -OCH3 is 2. The molecule has 7 heteroatoms. The molecule has 0 saturated carbocycles. The zero-order valence-electron chi connectivity index (χ0n) is 16.3. The molecule has 4 rings (SSSR count). The molecule has 0 unspecified atom stereocenters. The number of carbonyl (C=O) groups is 2. The highest BCUT2D eigenvalue weighted by Crippen LogP contribution is 2.38. The van der Waals surface area contributed by atoms with Crippen molar-refractivity contribution in [1.29, 1.82) is 0 Å². The predicted molar refractivity (Wildman–Crippen MR) is 123 cm³/mol. The maximum atomic E-state index is 13.0. The molecule has 0 aromatic heterocycles. The lowest BCUT2D eigenvalue weighted by Gasteiger charge is -2.14. The van der Waals surface area contributed by atoms with Gasteiger partial charge in [-0.1, -0.05) is 42.5 Å². The summed E-state index contributed by atoms with van der Waals surface area (Å²) < 4.78 is 11.4. The van der Waals surface area contributed by atoms with E-state index in [1.807, 2.05) is 42.5 Å². The Morgan fingerprint density at radius 3 is 2.50 bits per heavy atom. The largest absolute Gasteiger partial charge is 0.496 e. The Kier molecular flexibility index (Phi) is 5.83. The van der Waals surface area contributed by atoms with Crippen LogP contribution in [0.25, 0.3) is 16.8 Å². The van der Waals surface area contributed by atoms with Crippen molar-refractivity contribution >= 4 is 55.7 Å². The number of hydrogen-bond donors (Lipinski definition) is 0. The van der Waals surface area contributed by atoms with Crippen LogP contribution in [-0.2, 0) is 11.3 Å². The second-order valence-corrected chi connectivity index (χ2v) is 8.48. The number of imide groups is 1. The first kappa shape index (κ1) is 20.5. The van der Waals surface area contributed by atoms with E-state index in [2.05, 4.69) is 15.9 Å². The van der Waals surface area contributed by atoms with Crippen molar-refractivity contribution in [3.63, 3.8) is 0 Å². The molecule has 0 aliphatic carbocycles. The summed E-state index contributed by atoms with van der Waals surface area (Å²) in [4.78, 5) is 27.3. The van der Waals surface area contributed by atoms with Crippen LogP contribution in [0.5, 0.6) is 11.5 Å². The van der Waals surface area contributed by atoms with E-state index in [1.54, 1.807) is 32.4 Å². The predicted octanol–water partition coefficient (Wildman–Crippen LogP) is 5.86. The second-order valence-electron chi connectivity index (χ2n) is 6.63. The van der Waals surface area contributed by atoms with E-state index in [0.29, 0.717) is 22.0 Å². The molecule has 1 aliphatic heterocycles. The van der Waals surface area contributed by atoms with Gasteiger partial charge in [0.15, 0.2) is 0 Å². The number of thioether (sulfide) groups is 1. The van der Waals surface area contributed by atoms with Gasteiger partial charge in [-0.05, 0) is 56.2 Å². The monoisotopic (exact) mass is 483 g/mol. The summed E-state index contributed by atoms with van der Waals surface area (Å²) in [6, 6.07) is 17.4. The summed E-state index contributed by atoms with van der Waals surface area (Å²) in [5.41, 5.74) is 1.61. The molecule has 0 N–H and O–H groups in total. The Bertz CT molecular complexity index is 1190. The fourth-order valence-corrected chi connectivity index (χ4v) is 4.73. The molecule has 0 radical (unpaired) electrons. The maximum absolute atomic E-state index is 13.0. The highest BCUT2D eigenvalue weighted by Gasteiger charge is 2.35. The fourth-order valence-electron chi connectivity index (χ4n) is 3.37. The van der Waals surface area contributed by atoms with Gasteiger partial charge in [0.05, 0.1) is 30.1 Å². The van der Waals surface area contributed by atoms with Crippen LogP contribution in [0.1, 0.15) is 11.1 Å². The molecule has 5 nitrogen and oxygen atoms in total. The minimum Gasteiger partial charge on any atom is -0.496 e. The number of nitrogens with zero attached hydrogens (tertiary/aromatic N) is 1. The Balaban J connectivity index is 1.65. The average Bonchev–Trinajstić information content (AvgIpc) is 3.01. The van der Waals surface area contributed by atoms with E-state index in [1.165, 1.54) is 4.90 Å². The van der Waals surface area contributed by atoms with E-state index >= 15 is 0 Å². The van der Waals surface area contributed by atoms with Crippen LogP contribution < -0.4 is 9.47 Å². The Hall–Kier alpha value is -2.77. The third-order valence-corrected chi connectivity index (χ3v) is 6.40. The highest BCUT2D eigenvalue weighted by atomic mass is 79.9. The lowest BCUT2D eigenvalue weighted by molar-refractivity contribution is -0.123. The third kappa shape index (κ3) is 3.82. The number of hydrogen-bond acceptors (Lipinski definition) is 5. The van der Waals surface area contributed by atoms with E-state index in [-0.39, 0.29) is 17.7 Å². The van der Waals surface area contributed by atoms with Gasteiger partial charge >= 0.3 is 0 Å². The number of fused-ring (bicyclic) bond motifs is 1. The normalized spacial score (nSPS) is 15.3. The maximum Gasteiger partial charge on any atom is 0.293 e. The minimum absolute atomic E-state index is 0.229. The molecule has 0 atom stereocenters. The van der Waals surface area contributed by atoms with Gasteiger partial charge in [-0.15, -0.1) is 0 Å². The molecular weight excluding hydrogens is 466 g/mol. The smallest absolute Gasteiger partial charge is 0.293 e. The topological polar surface area (TPSA) is 55.8 Å². The van der Waals surface area contributed by atoms with Crippen LogP contribution in [0.4, 0.5) is 4.79 Å². The van der Waals surface area contributed by atoms with Gasteiger partial charge in [0.1, 0.15) is 11.5 Å². The fraction of sp³-hybridized carbons (Fsp3) is 0.130. The molecule has 1 fully saturated rings. The summed E-state index contributed by atoms with van der Waals surface area (Å²) in [5, 5.41) is 1.82. The molecule has 3 aromatic rings. The Morgan fingerprint density at radius 1 is 1.00 bits per heavy atom.